The van der Waals surface area contributed by atoms with Gasteiger partial charge in [-0.15, -0.1) is 0 Å². The topological polar surface area (TPSA) is 71.1 Å². The van der Waals surface area contributed by atoms with Crippen molar-refractivity contribution in [2.24, 2.45) is 5.41 Å². The van der Waals surface area contributed by atoms with Gasteiger partial charge in [0.15, 0.2) is 5.82 Å². The highest BCUT2D eigenvalue weighted by Gasteiger charge is 2.51. The van der Waals surface area contributed by atoms with Gasteiger partial charge in [0.1, 0.15) is 12.4 Å². The first-order valence-electron chi connectivity index (χ1n) is 10.4. The van der Waals surface area contributed by atoms with Crippen molar-refractivity contribution in [3.8, 4) is 0 Å². The van der Waals surface area contributed by atoms with Crippen LogP contribution in [-0.4, -0.2) is 45.7 Å². The maximum absolute atomic E-state index is 12.8. The third-order valence-electron chi connectivity index (χ3n) is 6.30. The third-order valence-corrected chi connectivity index (χ3v) is 6.30. The summed E-state index contributed by atoms with van der Waals surface area (Å²) in [5.41, 5.74) is 1.23. The van der Waals surface area contributed by atoms with E-state index in [1.54, 1.807) is 0 Å². The fraction of sp³-hybridized carbons (Fsp3) is 0.591. The number of aromatic amines is 1. The quantitative estimate of drug-likeness (QED) is 0.828. The molecule has 2 heterocycles. The molecule has 1 aromatic heterocycles. The van der Waals surface area contributed by atoms with Crippen LogP contribution < -0.4 is 0 Å². The average Bonchev–Trinajstić information content (AvgIpc) is 3.43. The molecule has 2 aromatic rings. The van der Waals surface area contributed by atoms with E-state index in [4.69, 9.17) is 9.72 Å². The van der Waals surface area contributed by atoms with Crippen molar-refractivity contribution in [3.05, 3.63) is 47.5 Å². The van der Waals surface area contributed by atoms with Gasteiger partial charge in [-0.2, -0.15) is 5.10 Å². The van der Waals surface area contributed by atoms with Gasteiger partial charge in [0.05, 0.1) is 6.61 Å². The van der Waals surface area contributed by atoms with Crippen LogP contribution in [0.4, 0.5) is 0 Å². The number of benzene rings is 1. The number of carbonyl (C=O) groups is 1. The Morgan fingerprint density at radius 1 is 1.29 bits per heavy atom. The summed E-state index contributed by atoms with van der Waals surface area (Å²) in [5.74, 6) is 2.43. The lowest BCUT2D eigenvalue weighted by Gasteiger charge is -2.28. The molecule has 2 fully saturated rings. The van der Waals surface area contributed by atoms with E-state index in [-0.39, 0.29) is 23.8 Å². The minimum Gasteiger partial charge on any atom is -0.367 e. The van der Waals surface area contributed by atoms with Crippen LogP contribution in [0.15, 0.2) is 30.3 Å². The van der Waals surface area contributed by atoms with Crippen molar-refractivity contribution >= 4 is 5.91 Å². The molecule has 1 saturated heterocycles. The maximum Gasteiger partial charge on any atom is 0.248 e. The Balaban J connectivity index is 1.42. The number of hydrogen-bond acceptors (Lipinski definition) is 4. The molecule has 0 bridgehead atoms. The molecular weight excluding hydrogens is 352 g/mol. The van der Waals surface area contributed by atoms with Crippen molar-refractivity contribution in [1.82, 2.24) is 20.1 Å². The van der Waals surface area contributed by atoms with Gasteiger partial charge in [-0.3, -0.25) is 9.89 Å². The van der Waals surface area contributed by atoms with Crippen LogP contribution in [0.1, 0.15) is 68.6 Å². The second-order valence-corrected chi connectivity index (χ2v) is 8.61. The zero-order valence-electron chi connectivity index (χ0n) is 16.9. The van der Waals surface area contributed by atoms with Crippen LogP contribution >= 0.6 is 0 Å². The van der Waals surface area contributed by atoms with Gasteiger partial charge in [0, 0.05) is 24.9 Å². The lowest BCUT2D eigenvalue weighted by Crippen LogP contribution is -2.33. The van der Waals surface area contributed by atoms with Crippen LogP contribution in [0.5, 0.6) is 0 Å². The summed E-state index contributed by atoms with van der Waals surface area (Å²) in [5, 5.41) is 7.58. The van der Waals surface area contributed by atoms with Gasteiger partial charge < -0.3 is 9.64 Å². The largest absolute Gasteiger partial charge is 0.367 e. The Kier molecular flexibility index (Phi) is 5.49. The molecular formula is C22H30N4O2. The molecule has 150 valence electrons. The molecule has 1 N–H and O–H groups in total. The Morgan fingerprint density at radius 2 is 2.04 bits per heavy atom. The second kappa shape index (κ2) is 8.03. The van der Waals surface area contributed by atoms with Crippen LogP contribution in [0.25, 0.3) is 0 Å². The summed E-state index contributed by atoms with van der Waals surface area (Å²) in [6.45, 7) is 6.32. The SMILES string of the molecule is CC(C)c1n[nH]c(C2CN(C(=O)COCc3ccccc3)CC23CCCC3)n1. The third kappa shape index (κ3) is 3.83. The van der Waals surface area contributed by atoms with E-state index in [1.807, 2.05) is 35.2 Å². The van der Waals surface area contributed by atoms with E-state index in [0.29, 0.717) is 19.1 Å². The van der Waals surface area contributed by atoms with Crippen LogP contribution in [0.2, 0.25) is 0 Å². The first-order chi connectivity index (χ1) is 13.6. The molecule has 6 nitrogen and oxygen atoms in total. The van der Waals surface area contributed by atoms with E-state index in [0.717, 1.165) is 36.6 Å². The summed E-state index contributed by atoms with van der Waals surface area (Å²) in [4.78, 5) is 19.6. The number of amides is 1. The lowest BCUT2D eigenvalue weighted by atomic mass is 9.76. The smallest absolute Gasteiger partial charge is 0.248 e. The zero-order chi connectivity index (χ0) is 19.6. The van der Waals surface area contributed by atoms with Gasteiger partial charge >= 0.3 is 0 Å². The van der Waals surface area contributed by atoms with E-state index < -0.39 is 0 Å². The van der Waals surface area contributed by atoms with E-state index in [1.165, 1.54) is 12.8 Å². The van der Waals surface area contributed by atoms with Gasteiger partial charge in [0.25, 0.3) is 0 Å². The predicted octanol–water partition coefficient (Wildman–Crippen LogP) is 3.63. The Labute approximate surface area is 166 Å². The van der Waals surface area contributed by atoms with E-state index in [9.17, 15) is 4.79 Å². The van der Waals surface area contributed by atoms with Crippen molar-refractivity contribution < 1.29 is 9.53 Å². The molecule has 1 amide bonds. The average molecular weight is 383 g/mol. The monoisotopic (exact) mass is 382 g/mol. The number of H-pyrrole nitrogens is 1. The molecule has 0 radical (unpaired) electrons. The second-order valence-electron chi connectivity index (χ2n) is 8.61. The first-order valence-corrected chi connectivity index (χ1v) is 10.4. The number of nitrogens with zero attached hydrogens (tertiary/aromatic N) is 3. The zero-order valence-corrected chi connectivity index (χ0v) is 16.9. The standard InChI is InChI=1S/C22H30N4O2/c1-16(2)20-23-21(25-24-20)18-12-26(15-22(18)10-6-7-11-22)19(27)14-28-13-17-8-4-3-5-9-17/h3-5,8-9,16,18H,6-7,10-15H2,1-2H3,(H,23,24,25). The van der Waals surface area contributed by atoms with E-state index >= 15 is 0 Å². The Bertz CT molecular complexity index is 796. The van der Waals surface area contributed by atoms with Crippen molar-refractivity contribution in [2.45, 2.75) is 58.0 Å². The molecule has 4 rings (SSSR count). The molecule has 1 aliphatic heterocycles. The lowest BCUT2D eigenvalue weighted by molar-refractivity contribution is -0.135. The van der Waals surface area contributed by atoms with Gasteiger partial charge in [0.2, 0.25) is 5.91 Å². The summed E-state index contributed by atoms with van der Waals surface area (Å²) in [6.07, 6.45) is 4.77. The highest BCUT2D eigenvalue weighted by molar-refractivity contribution is 5.78. The molecule has 1 aromatic carbocycles. The van der Waals surface area contributed by atoms with Gasteiger partial charge in [-0.1, -0.05) is 57.0 Å². The van der Waals surface area contributed by atoms with Crippen molar-refractivity contribution in [1.29, 1.82) is 0 Å². The van der Waals surface area contributed by atoms with Crippen LogP contribution in [0, 0.1) is 5.41 Å². The fourth-order valence-electron chi connectivity index (χ4n) is 4.74. The summed E-state index contributed by atoms with van der Waals surface area (Å²) in [7, 11) is 0. The van der Waals surface area contributed by atoms with E-state index in [2.05, 4.69) is 24.0 Å². The molecule has 1 saturated carbocycles. The number of nitrogens with one attached hydrogen (secondary N) is 1. The molecule has 6 heteroatoms. The number of ether oxygens (including phenoxy) is 1. The summed E-state index contributed by atoms with van der Waals surface area (Å²) >= 11 is 0. The molecule has 1 unspecified atom stereocenters. The normalized spacial score (nSPS) is 21.1. The molecule has 1 aliphatic carbocycles. The fourth-order valence-corrected chi connectivity index (χ4v) is 4.74. The Morgan fingerprint density at radius 3 is 2.71 bits per heavy atom. The summed E-state index contributed by atoms with van der Waals surface area (Å²) < 4.78 is 5.69. The molecule has 2 aliphatic rings. The highest BCUT2D eigenvalue weighted by atomic mass is 16.5. The van der Waals surface area contributed by atoms with Crippen LogP contribution in [-0.2, 0) is 16.1 Å². The number of likely N-dealkylation sites (tertiary alicyclic amines) is 1. The first kappa shape index (κ1) is 19.1. The predicted molar refractivity (Wildman–Crippen MR) is 107 cm³/mol. The molecule has 1 atom stereocenters. The Hall–Kier alpha value is -2.21. The molecule has 1 spiro atoms. The number of carbonyl (C=O) groups excluding carboxylic acids is 1. The number of hydrogen-bond donors (Lipinski definition) is 1. The summed E-state index contributed by atoms with van der Waals surface area (Å²) in [6, 6.07) is 9.98. The van der Waals surface area contributed by atoms with Crippen molar-refractivity contribution in [3.63, 3.8) is 0 Å². The number of aromatic nitrogens is 3. The van der Waals surface area contributed by atoms with Crippen LogP contribution in [0.3, 0.4) is 0 Å². The minimum atomic E-state index is 0.0771. The maximum atomic E-state index is 12.8. The highest BCUT2D eigenvalue weighted by Crippen LogP contribution is 2.52. The van der Waals surface area contributed by atoms with Gasteiger partial charge in [-0.05, 0) is 23.8 Å². The minimum absolute atomic E-state index is 0.0771. The van der Waals surface area contributed by atoms with Gasteiger partial charge in [-0.25, -0.2) is 4.98 Å². The number of rotatable bonds is 6. The molecule has 28 heavy (non-hydrogen) atoms. The van der Waals surface area contributed by atoms with Crippen molar-refractivity contribution in [2.75, 3.05) is 19.7 Å².